The molecule has 14 heavy (non-hydrogen) atoms. The highest BCUT2D eigenvalue weighted by molar-refractivity contribution is 9.10. The Hall–Kier alpha value is 0.100. The average Bonchev–Trinajstić information content (AvgIpc) is 2.56. The highest BCUT2D eigenvalue weighted by atomic mass is 79.9. The predicted octanol–water partition coefficient (Wildman–Crippen LogP) is 2.73. The first-order chi connectivity index (χ1) is 6.77. The van der Waals surface area contributed by atoms with Crippen LogP contribution in [0.2, 0.25) is 0 Å². The van der Waals surface area contributed by atoms with E-state index in [4.69, 9.17) is 4.74 Å². The smallest absolute Gasteiger partial charge is 0.0619 e. The molecule has 1 aromatic rings. The van der Waals surface area contributed by atoms with Crippen LogP contribution in [0.3, 0.4) is 0 Å². The minimum absolute atomic E-state index is 0.540. The number of thiophene rings is 1. The Balaban J connectivity index is 1.99. The lowest BCUT2D eigenvalue weighted by Gasteiger charge is -2.32. The highest BCUT2D eigenvalue weighted by Crippen LogP contribution is 2.25. The lowest BCUT2D eigenvalue weighted by Crippen LogP contribution is -2.42. The molecule has 0 radical (unpaired) electrons. The van der Waals surface area contributed by atoms with Gasteiger partial charge in [-0.05, 0) is 34.3 Å². The maximum atomic E-state index is 5.41. The zero-order valence-corrected chi connectivity index (χ0v) is 10.6. The van der Waals surface area contributed by atoms with Crippen molar-refractivity contribution in [2.24, 2.45) is 0 Å². The Morgan fingerprint density at radius 3 is 3.21 bits per heavy atom. The fourth-order valence-corrected chi connectivity index (χ4v) is 3.12. The molecule has 2 rings (SSSR count). The molecule has 0 N–H and O–H groups in total. The maximum Gasteiger partial charge on any atom is 0.0619 e. The summed E-state index contributed by atoms with van der Waals surface area (Å²) in [5, 5.41) is 2.13. The van der Waals surface area contributed by atoms with Crippen molar-refractivity contribution in [1.29, 1.82) is 0 Å². The molecule has 1 aliphatic heterocycles. The lowest BCUT2D eigenvalue weighted by molar-refractivity contribution is -0.00399. The van der Waals surface area contributed by atoms with Gasteiger partial charge in [-0.3, -0.25) is 4.90 Å². The molecule has 2 nitrogen and oxygen atoms in total. The molecule has 78 valence electrons. The van der Waals surface area contributed by atoms with Crippen molar-refractivity contribution in [3.63, 3.8) is 0 Å². The van der Waals surface area contributed by atoms with Crippen molar-refractivity contribution >= 4 is 27.3 Å². The molecule has 4 heteroatoms. The molecule has 1 aliphatic rings. The second-order valence-electron chi connectivity index (χ2n) is 3.59. The summed E-state index contributed by atoms with van der Waals surface area (Å²) in [6, 6.07) is 2.66. The molecule has 1 fully saturated rings. The molecular weight excluding hydrogens is 262 g/mol. The number of morpholine rings is 1. The van der Waals surface area contributed by atoms with Gasteiger partial charge in [0.1, 0.15) is 0 Å². The van der Waals surface area contributed by atoms with Gasteiger partial charge in [-0.1, -0.05) is 0 Å². The van der Waals surface area contributed by atoms with Gasteiger partial charge in [0.2, 0.25) is 0 Å². The quantitative estimate of drug-likeness (QED) is 0.823. The first kappa shape index (κ1) is 10.6. The van der Waals surface area contributed by atoms with Gasteiger partial charge in [0.05, 0.1) is 13.2 Å². The number of ether oxygens (including phenoxy) is 1. The normalized spacial score (nSPS) is 24.0. The van der Waals surface area contributed by atoms with Gasteiger partial charge in [-0.25, -0.2) is 0 Å². The fourth-order valence-electron chi connectivity index (χ4n) is 1.62. The minimum atomic E-state index is 0.540. The summed E-state index contributed by atoms with van der Waals surface area (Å²) in [4.78, 5) is 3.89. The van der Waals surface area contributed by atoms with E-state index < -0.39 is 0 Å². The van der Waals surface area contributed by atoms with E-state index in [1.807, 2.05) is 11.3 Å². The Kier molecular flexibility index (Phi) is 3.60. The van der Waals surface area contributed by atoms with E-state index in [-0.39, 0.29) is 0 Å². The van der Waals surface area contributed by atoms with Crippen LogP contribution in [0, 0.1) is 0 Å². The van der Waals surface area contributed by atoms with Crippen molar-refractivity contribution in [1.82, 2.24) is 4.90 Å². The van der Waals surface area contributed by atoms with Crippen molar-refractivity contribution in [2.75, 3.05) is 19.8 Å². The molecule has 1 aromatic heterocycles. The van der Waals surface area contributed by atoms with Crippen LogP contribution in [0.1, 0.15) is 11.8 Å². The van der Waals surface area contributed by atoms with E-state index in [1.54, 1.807) is 0 Å². The topological polar surface area (TPSA) is 12.5 Å². The fraction of sp³-hybridized carbons (Fsp3) is 0.600. The summed E-state index contributed by atoms with van der Waals surface area (Å²) in [5.41, 5.74) is 0. The van der Waals surface area contributed by atoms with Crippen LogP contribution < -0.4 is 0 Å². The second-order valence-corrected chi connectivity index (χ2v) is 5.44. The van der Waals surface area contributed by atoms with E-state index in [0.717, 1.165) is 26.3 Å². The van der Waals surface area contributed by atoms with Gasteiger partial charge < -0.3 is 4.74 Å². The lowest BCUT2D eigenvalue weighted by atomic mass is 10.2. The number of hydrogen-bond donors (Lipinski definition) is 0. The van der Waals surface area contributed by atoms with E-state index >= 15 is 0 Å². The Labute approximate surface area is 97.0 Å². The van der Waals surface area contributed by atoms with Gasteiger partial charge >= 0.3 is 0 Å². The highest BCUT2D eigenvalue weighted by Gasteiger charge is 2.19. The molecule has 1 atom stereocenters. The van der Waals surface area contributed by atoms with Crippen LogP contribution >= 0.6 is 27.3 Å². The van der Waals surface area contributed by atoms with Crippen molar-refractivity contribution in [3.05, 3.63) is 20.8 Å². The van der Waals surface area contributed by atoms with Gasteiger partial charge in [0.25, 0.3) is 0 Å². The van der Waals surface area contributed by atoms with Gasteiger partial charge in [-0.2, -0.15) is 0 Å². The van der Waals surface area contributed by atoms with Crippen LogP contribution in [0.15, 0.2) is 15.9 Å². The Morgan fingerprint density at radius 1 is 1.71 bits per heavy atom. The van der Waals surface area contributed by atoms with Crippen LogP contribution in [-0.4, -0.2) is 30.7 Å². The van der Waals surface area contributed by atoms with Crippen LogP contribution in [0.5, 0.6) is 0 Å². The third-order valence-electron chi connectivity index (χ3n) is 2.54. The zero-order chi connectivity index (χ0) is 9.97. The Bertz CT molecular complexity index is 302. The molecule has 0 amide bonds. The summed E-state index contributed by atoms with van der Waals surface area (Å²) in [7, 11) is 0. The van der Waals surface area contributed by atoms with Gasteiger partial charge in [0.15, 0.2) is 0 Å². The van der Waals surface area contributed by atoms with Crippen LogP contribution in [0.4, 0.5) is 0 Å². The standard InChI is InChI=1S/C10H14BrNOS/c1-8-7-13-4-3-12(8)6-10-9(11)2-5-14-10/h2,5,8H,3-4,6-7H2,1H3. The summed E-state index contributed by atoms with van der Waals surface area (Å²) < 4.78 is 6.65. The summed E-state index contributed by atoms with van der Waals surface area (Å²) >= 11 is 5.38. The van der Waals surface area contributed by atoms with Gasteiger partial charge in [-0.15, -0.1) is 11.3 Å². The third-order valence-corrected chi connectivity index (χ3v) is 4.45. The SMILES string of the molecule is CC1COCCN1Cc1sccc1Br. The number of halogens is 1. The average molecular weight is 276 g/mol. The maximum absolute atomic E-state index is 5.41. The summed E-state index contributed by atoms with van der Waals surface area (Å²) in [6.07, 6.45) is 0. The minimum Gasteiger partial charge on any atom is -0.379 e. The van der Waals surface area contributed by atoms with E-state index in [0.29, 0.717) is 6.04 Å². The van der Waals surface area contributed by atoms with E-state index in [1.165, 1.54) is 9.35 Å². The molecule has 2 heterocycles. The molecule has 1 saturated heterocycles. The molecule has 0 aliphatic carbocycles. The molecule has 1 unspecified atom stereocenters. The summed E-state index contributed by atoms with van der Waals surface area (Å²) in [5.74, 6) is 0. The molecule has 0 aromatic carbocycles. The summed E-state index contributed by atoms with van der Waals surface area (Å²) in [6.45, 7) is 6.05. The molecule has 0 spiro atoms. The largest absolute Gasteiger partial charge is 0.379 e. The van der Waals surface area contributed by atoms with Crippen molar-refractivity contribution in [2.45, 2.75) is 19.5 Å². The predicted molar refractivity (Wildman–Crippen MR) is 62.7 cm³/mol. The van der Waals surface area contributed by atoms with Crippen molar-refractivity contribution < 1.29 is 4.74 Å². The van der Waals surface area contributed by atoms with Crippen LogP contribution in [-0.2, 0) is 11.3 Å². The van der Waals surface area contributed by atoms with E-state index in [9.17, 15) is 0 Å². The monoisotopic (exact) mass is 275 g/mol. The van der Waals surface area contributed by atoms with Crippen molar-refractivity contribution in [3.8, 4) is 0 Å². The zero-order valence-electron chi connectivity index (χ0n) is 8.20. The molecule has 0 bridgehead atoms. The Morgan fingerprint density at radius 2 is 2.57 bits per heavy atom. The van der Waals surface area contributed by atoms with E-state index in [2.05, 4.69) is 39.2 Å². The number of hydrogen-bond acceptors (Lipinski definition) is 3. The van der Waals surface area contributed by atoms with Crippen LogP contribution in [0.25, 0.3) is 0 Å². The number of rotatable bonds is 2. The first-order valence-corrected chi connectivity index (χ1v) is 6.48. The van der Waals surface area contributed by atoms with Gasteiger partial charge in [0, 0.05) is 28.5 Å². The second kappa shape index (κ2) is 4.75. The number of nitrogens with zero attached hydrogens (tertiary/aromatic N) is 1. The third kappa shape index (κ3) is 2.37. The molecular formula is C10H14BrNOS. The first-order valence-electron chi connectivity index (χ1n) is 4.81. The molecule has 0 saturated carbocycles.